The lowest BCUT2D eigenvalue weighted by Gasteiger charge is -2.14. The zero-order valence-electron chi connectivity index (χ0n) is 12.7. The number of terminal acetylenes is 1. The Morgan fingerprint density at radius 2 is 1.86 bits per heavy atom. The van der Waals surface area contributed by atoms with E-state index in [2.05, 4.69) is 12.5 Å². The lowest BCUT2D eigenvalue weighted by Crippen LogP contribution is -2.12. The molecule has 114 valence electrons. The van der Waals surface area contributed by atoms with E-state index in [4.69, 9.17) is 11.5 Å². The van der Waals surface area contributed by atoms with Gasteiger partial charge in [0.05, 0.1) is 11.9 Å². The monoisotopic (exact) mass is 286 g/mol. The minimum absolute atomic E-state index is 0.211. The Morgan fingerprint density at radius 3 is 2.48 bits per heavy atom. The summed E-state index contributed by atoms with van der Waals surface area (Å²) in [7, 11) is 0. The van der Waals surface area contributed by atoms with Gasteiger partial charge in [0.2, 0.25) is 0 Å². The number of hydrogen-bond donors (Lipinski definition) is 2. The van der Waals surface area contributed by atoms with Crippen LogP contribution in [0.4, 0.5) is 0 Å². The normalized spacial score (nSPS) is 13.3. The molecule has 0 amide bonds. The SMILES string of the molecule is C#CC(CCCCC(=C)O)CCC(O)Cc1ccccc1. The van der Waals surface area contributed by atoms with Gasteiger partial charge in [0.15, 0.2) is 0 Å². The largest absolute Gasteiger partial charge is 0.513 e. The van der Waals surface area contributed by atoms with E-state index in [1.807, 2.05) is 30.3 Å². The van der Waals surface area contributed by atoms with Crippen molar-refractivity contribution in [3.8, 4) is 12.3 Å². The average Bonchev–Trinajstić information content (AvgIpc) is 2.47. The molecule has 1 aromatic rings. The maximum absolute atomic E-state index is 10.1. The topological polar surface area (TPSA) is 40.5 Å². The molecule has 0 saturated heterocycles. The Labute approximate surface area is 128 Å². The van der Waals surface area contributed by atoms with Crippen LogP contribution in [0.25, 0.3) is 0 Å². The van der Waals surface area contributed by atoms with Crippen LogP contribution >= 0.6 is 0 Å². The summed E-state index contributed by atoms with van der Waals surface area (Å²) in [5, 5.41) is 19.1. The van der Waals surface area contributed by atoms with E-state index in [0.717, 1.165) is 37.7 Å². The molecule has 0 aromatic heterocycles. The minimum Gasteiger partial charge on any atom is -0.513 e. The molecule has 2 heteroatoms. The van der Waals surface area contributed by atoms with Gasteiger partial charge in [-0.15, -0.1) is 12.3 Å². The molecule has 0 aliphatic carbocycles. The van der Waals surface area contributed by atoms with Crippen molar-refractivity contribution >= 4 is 0 Å². The fraction of sp³-hybridized carbons (Fsp3) is 0.474. The Hall–Kier alpha value is -1.72. The van der Waals surface area contributed by atoms with Gasteiger partial charge in [0.1, 0.15) is 0 Å². The first-order chi connectivity index (χ1) is 10.1. The third-order valence-electron chi connectivity index (χ3n) is 3.67. The van der Waals surface area contributed by atoms with Crippen molar-refractivity contribution in [2.45, 2.75) is 51.0 Å². The van der Waals surface area contributed by atoms with Gasteiger partial charge in [0.25, 0.3) is 0 Å². The highest BCUT2D eigenvalue weighted by Crippen LogP contribution is 2.18. The summed E-state index contributed by atoms with van der Waals surface area (Å²) in [4.78, 5) is 0. The number of hydrogen-bond acceptors (Lipinski definition) is 2. The number of unbranched alkanes of at least 4 members (excludes halogenated alkanes) is 1. The lowest BCUT2D eigenvalue weighted by molar-refractivity contribution is 0.157. The van der Waals surface area contributed by atoms with Crippen molar-refractivity contribution in [3.05, 3.63) is 48.2 Å². The summed E-state index contributed by atoms with van der Waals surface area (Å²) in [6.45, 7) is 3.47. The third kappa shape index (κ3) is 8.22. The molecule has 0 aliphatic rings. The molecule has 0 fully saturated rings. The predicted molar refractivity (Wildman–Crippen MR) is 87.9 cm³/mol. The fourth-order valence-electron chi connectivity index (χ4n) is 2.41. The van der Waals surface area contributed by atoms with Crippen LogP contribution in [0.2, 0.25) is 0 Å². The highest BCUT2D eigenvalue weighted by atomic mass is 16.3. The van der Waals surface area contributed by atoms with E-state index in [-0.39, 0.29) is 17.8 Å². The van der Waals surface area contributed by atoms with Gasteiger partial charge < -0.3 is 10.2 Å². The van der Waals surface area contributed by atoms with Crippen LogP contribution in [0, 0.1) is 18.3 Å². The summed E-state index contributed by atoms with van der Waals surface area (Å²) >= 11 is 0. The van der Waals surface area contributed by atoms with E-state index < -0.39 is 0 Å². The fourth-order valence-corrected chi connectivity index (χ4v) is 2.41. The van der Waals surface area contributed by atoms with Crippen LogP contribution in [-0.2, 0) is 6.42 Å². The van der Waals surface area contributed by atoms with Crippen molar-refractivity contribution in [3.63, 3.8) is 0 Å². The van der Waals surface area contributed by atoms with Gasteiger partial charge in [0, 0.05) is 12.3 Å². The standard InChI is InChI=1S/C19H26O2/c1-3-17(10-8-7-9-16(2)20)13-14-19(21)15-18-11-5-4-6-12-18/h1,4-6,11-12,17,19-21H,2,7-10,13-15H2. The first-order valence-electron chi connectivity index (χ1n) is 7.66. The van der Waals surface area contributed by atoms with E-state index >= 15 is 0 Å². The second-order valence-electron chi connectivity index (χ2n) is 5.60. The molecule has 2 unspecified atom stereocenters. The van der Waals surface area contributed by atoms with Crippen molar-refractivity contribution in [1.82, 2.24) is 0 Å². The van der Waals surface area contributed by atoms with E-state index in [1.54, 1.807) is 0 Å². The Morgan fingerprint density at radius 1 is 1.14 bits per heavy atom. The number of benzene rings is 1. The first-order valence-corrected chi connectivity index (χ1v) is 7.66. The summed E-state index contributed by atoms with van der Waals surface area (Å²) in [5.74, 6) is 3.27. The smallest absolute Gasteiger partial charge is 0.0851 e. The van der Waals surface area contributed by atoms with Gasteiger partial charge in [-0.1, -0.05) is 43.3 Å². The molecule has 2 nitrogen and oxygen atoms in total. The average molecular weight is 286 g/mol. The molecule has 2 N–H and O–H groups in total. The van der Waals surface area contributed by atoms with E-state index in [9.17, 15) is 5.11 Å². The molecule has 0 heterocycles. The van der Waals surface area contributed by atoms with Gasteiger partial charge >= 0.3 is 0 Å². The van der Waals surface area contributed by atoms with Gasteiger partial charge in [-0.3, -0.25) is 0 Å². The molecule has 1 aromatic carbocycles. The van der Waals surface area contributed by atoms with Crippen molar-refractivity contribution in [2.75, 3.05) is 0 Å². The molecule has 1 rings (SSSR count). The van der Waals surface area contributed by atoms with Crippen LogP contribution in [0.3, 0.4) is 0 Å². The Balaban J connectivity index is 2.21. The van der Waals surface area contributed by atoms with Gasteiger partial charge in [-0.25, -0.2) is 0 Å². The summed E-state index contributed by atoms with van der Waals surface area (Å²) in [6, 6.07) is 10.0. The summed E-state index contributed by atoms with van der Waals surface area (Å²) in [5.41, 5.74) is 1.16. The van der Waals surface area contributed by atoms with Gasteiger partial charge in [-0.05, 0) is 37.7 Å². The number of rotatable bonds is 10. The minimum atomic E-state index is -0.333. The van der Waals surface area contributed by atoms with Crippen molar-refractivity contribution < 1.29 is 10.2 Å². The predicted octanol–water partition coefficient (Wildman–Crippen LogP) is 4.25. The van der Waals surface area contributed by atoms with Gasteiger partial charge in [-0.2, -0.15) is 0 Å². The Kier molecular flexibility index (Phi) is 8.31. The Bertz CT molecular complexity index is 444. The second-order valence-corrected chi connectivity index (χ2v) is 5.60. The number of aliphatic hydroxyl groups is 2. The highest BCUT2D eigenvalue weighted by Gasteiger charge is 2.10. The maximum atomic E-state index is 10.1. The van der Waals surface area contributed by atoms with Crippen molar-refractivity contribution in [1.29, 1.82) is 0 Å². The second kappa shape index (κ2) is 10.1. The van der Waals surface area contributed by atoms with Crippen LogP contribution in [-0.4, -0.2) is 16.3 Å². The summed E-state index contributed by atoms with van der Waals surface area (Å²) < 4.78 is 0. The van der Waals surface area contributed by atoms with E-state index in [0.29, 0.717) is 12.8 Å². The molecule has 0 spiro atoms. The lowest BCUT2D eigenvalue weighted by atomic mass is 9.94. The molecular formula is C19H26O2. The van der Waals surface area contributed by atoms with Crippen molar-refractivity contribution in [2.24, 2.45) is 5.92 Å². The van der Waals surface area contributed by atoms with Crippen LogP contribution in [0.15, 0.2) is 42.7 Å². The molecule has 0 bridgehead atoms. The number of allylic oxidation sites excluding steroid dienone is 1. The highest BCUT2D eigenvalue weighted by molar-refractivity contribution is 5.15. The molecule has 0 saturated carbocycles. The van der Waals surface area contributed by atoms with E-state index in [1.165, 1.54) is 0 Å². The maximum Gasteiger partial charge on any atom is 0.0851 e. The molecule has 0 radical (unpaired) electrons. The first kappa shape index (κ1) is 17.3. The molecular weight excluding hydrogens is 260 g/mol. The van der Waals surface area contributed by atoms with Crippen LogP contribution in [0.5, 0.6) is 0 Å². The molecule has 0 aliphatic heterocycles. The molecule has 2 atom stereocenters. The summed E-state index contributed by atoms with van der Waals surface area (Å²) in [6.07, 6.45) is 11.0. The third-order valence-corrected chi connectivity index (χ3v) is 3.67. The molecule has 21 heavy (non-hydrogen) atoms. The number of aliphatic hydroxyl groups excluding tert-OH is 2. The zero-order valence-corrected chi connectivity index (χ0v) is 12.7. The van der Waals surface area contributed by atoms with Crippen LogP contribution in [0.1, 0.15) is 44.1 Å². The van der Waals surface area contributed by atoms with Crippen LogP contribution < -0.4 is 0 Å². The zero-order chi connectivity index (χ0) is 15.5. The quantitative estimate of drug-likeness (QED) is 0.383.